The molecule has 0 unspecified atom stereocenters. The minimum absolute atomic E-state index is 0.281. The van der Waals surface area contributed by atoms with Crippen LogP contribution in [0, 0.1) is 5.82 Å². The summed E-state index contributed by atoms with van der Waals surface area (Å²) >= 11 is 9.46. The van der Waals surface area contributed by atoms with Gasteiger partial charge in [-0.3, -0.25) is 9.48 Å². The Morgan fingerprint density at radius 2 is 2.00 bits per heavy atom. The van der Waals surface area contributed by atoms with Gasteiger partial charge < -0.3 is 5.32 Å². The number of hydrogen-bond acceptors (Lipinski definition) is 2. The van der Waals surface area contributed by atoms with Crippen molar-refractivity contribution in [3.63, 3.8) is 0 Å². The van der Waals surface area contributed by atoms with Crippen molar-refractivity contribution in [3.05, 3.63) is 81.2 Å². The van der Waals surface area contributed by atoms with Crippen LogP contribution in [0.1, 0.15) is 15.9 Å². The first-order valence-corrected chi connectivity index (χ1v) is 8.23. The van der Waals surface area contributed by atoms with E-state index in [9.17, 15) is 9.18 Å². The highest BCUT2D eigenvalue weighted by Crippen LogP contribution is 2.21. The molecule has 4 nitrogen and oxygen atoms in total. The second-order valence-corrected chi connectivity index (χ2v) is 6.44. The smallest absolute Gasteiger partial charge is 0.256 e. The maximum Gasteiger partial charge on any atom is 0.256 e. The lowest BCUT2D eigenvalue weighted by Crippen LogP contribution is -2.13. The van der Waals surface area contributed by atoms with Crippen molar-refractivity contribution < 1.29 is 9.18 Å². The number of hydrogen-bond donors (Lipinski definition) is 1. The highest BCUT2D eigenvalue weighted by molar-refractivity contribution is 9.10. The Labute approximate surface area is 151 Å². The van der Waals surface area contributed by atoms with E-state index in [-0.39, 0.29) is 17.5 Å². The Kier molecular flexibility index (Phi) is 4.97. The molecule has 2 aromatic carbocycles. The molecule has 0 saturated carbocycles. The van der Waals surface area contributed by atoms with Crippen molar-refractivity contribution in [2.24, 2.45) is 0 Å². The molecule has 0 aliphatic carbocycles. The first kappa shape index (κ1) is 16.7. The Bertz CT molecular complexity index is 880. The molecule has 1 amide bonds. The average Bonchev–Trinajstić information content (AvgIpc) is 2.89. The number of rotatable bonds is 4. The summed E-state index contributed by atoms with van der Waals surface area (Å²) in [7, 11) is 0. The molecular weight excluding hydrogens is 397 g/mol. The summed E-state index contributed by atoms with van der Waals surface area (Å²) in [6.45, 7) is 0.423. The van der Waals surface area contributed by atoms with E-state index in [4.69, 9.17) is 11.6 Å². The molecule has 122 valence electrons. The maximum atomic E-state index is 12.9. The third-order valence-corrected chi connectivity index (χ3v) is 4.06. The van der Waals surface area contributed by atoms with Crippen LogP contribution in [0.3, 0.4) is 0 Å². The highest BCUT2D eigenvalue weighted by Gasteiger charge is 2.12. The van der Waals surface area contributed by atoms with E-state index in [2.05, 4.69) is 26.3 Å². The zero-order valence-corrected chi connectivity index (χ0v) is 14.7. The normalized spacial score (nSPS) is 10.6. The van der Waals surface area contributed by atoms with Gasteiger partial charge in [0, 0.05) is 16.2 Å². The zero-order valence-electron chi connectivity index (χ0n) is 12.3. The number of halogens is 3. The van der Waals surface area contributed by atoms with Crippen LogP contribution in [-0.2, 0) is 6.54 Å². The van der Waals surface area contributed by atoms with Crippen molar-refractivity contribution in [2.75, 3.05) is 5.32 Å². The van der Waals surface area contributed by atoms with E-state index in [1.165, 1.54) is 12.1 Å². The average molecular weight is 409 g/mol. The molecule has 24 heavy (non-hydrogen) atoms. The van der Waals surface area contributed by atoms with Crippen molar-refractivity contribution in [1.82, 2.24) is 9.78 Å². The van der Waals surface area contributed by atoms with Crippen molar-refractivity contribution in [3.8, 4) is 0 Å². The van der Waals surface area contributed by atoms with Gasteiger partial charge in [0.15, 0.2) is 5.82 Å². The molecule has 0 bridgehead atoms. The van der Waals surface area contributed by atoms with Crippen molar-refractivity contribution in [2.45, 2.75) is 6.54 Å². The standard InChI is InChI=1S/C17H12BrClFN3O/c18-13-3-1-2-12(8-13)17(24)21-16-15(19)10-23(22-16)9-11-4-6-14(20)7-5-11/h1-8,10H,9H2,(H,21,22,24). The molecule has 0 aliphatic rings. The predicted octanol–water partition coefficient (Wildman–Crippen LogP) is 4.74. The molecule has 0 atom stereocenters. The summed E-state index contributed by atoms with van der Waals surface area (Å²) in [5.74, 6) is -0.312. The van der Waals surface area contributed by atoms with Gasteiger partial charge in [-0.1, -0.05) is 45.7 Å². The highest BCUT2D eigenvalue weighted by atomic mass is 79.9. The van der Waals surface area contributed by atoms with E-state index < -0.39 is 0 Å². The summed E-state index contributed by atoms with van der Waals surface area (Å²) in [5, 5.41) is 7.28. The lowest BCUT2D eigenvalue weighted by molar-refractivity contribution is 0.102. The van der Waals surface area contributed by atoms with Gasteiger partial charge >= 0.3 is 0 Å². The molecule has 0 saturated heterocycles. The fourth-order valence-electron chi connectivity index (χ4n) is 2.15. The Morgan fingerprint density at radius 3 is 2.71 bits per heavy atom. The molecule has 3 rings (SSSR count). The largest absolute Gasteiger partial charge is 0.304 e. The van der Waals surface area contributed by atoms with Crippen LogP contribution in [0.15, 0.2) is 59.2 Å². The Morgan fingerprint density at radius 1 is 1.25 bits per heavy atom. The fourth-order valence-corrected chi connectivity index (χ4v) is 2.75. The minimum atomic E-state index is -0.301. The third-order valence-electron chi connectivity index (χ3n) is 3.29. The first-order chi connectivity index (χ1) is 11.5. The van der Waals surface area contributed by atoms with Crippen LogP contribution >= 0.6 is 27.5 Å². The molecule has 0 fully saturated rings. The molecule has 1 aromatic heterocycles. The van der Waals surface area contributed by atoms with E-state index in [1.54, 1.807) is 41.2 Å². The number of aromatic nitrogens is 2. The topological polar surface area (TPSA) is 46.9 Å². The van der Waals surface area contributed by atoms with Crippen LogP contribution < -0.4 is 5.32 Å². The summed E-state index contributed by atoms with van der Waals surface area (Å²) in [4.78, 5) is 12.2. The lowest BCUT2D eigenvalue weighted by atomic mass is 10.2. The van der Waals surface area contributed by atoms with Gasteiger partial charge in [-0.15, -0.1) is 0 Å². The van der Waals surface area contributed by atoms with E-state index in [1.807, 2.05) is 6.07 Å². The molecule has 3 aromatic rings. The first-order valence-electron chi connectivity index (χ1n) is 7.05. The summed E-state index contributed by atoms with van der Waals surface area (Å²) in [5.41, 5.74) is 1.37. The van der Waals surface area contributed by atoms with E-state index in [0.717, 1.165) is 10.0 Å². The SMILES string of the molecule is O=C(Nc1nn(Cc2ccc(F)cc2)cc1Cl)c1cccc(Br)c1. The van der Waals surface area contributed by atoms with Crippen LogP contribution in [0.2, 0.25) is 5.02 Å². The molecule has 0 spiro atoms. The van der Waals surface area contributed by atoms with Crippen molar-refractivity contribution in [1.29, 1.82) is 0 Å². The van der Waals surface area contributed by atoms with Gasteiger partial charge in [-0.25, -0.2) is 4.39 Å². The minimum Gasteiger partial charge on any atom is -0.304 e. The molecular formula is C17H12BrClFN3O. The number of carbonyl (C=O) groups excluding carboxylic acids is 1. The predicted molar refractivity (Wildman–Crippen MR) is 94.8 cm³/mol. The van der Waals surface area contributed by atoms with Gasteiger partial charge in [0.05, 0.1) is 6.54 Å². The Balaban J connectivity index is 1.74. The monoisotopic (exact) mass is 407 g/mol. The zero-order chi connectivity index (χ0) is 17.1. The maximum absolute atomic E-state index is 12.9. The number of benzene rings is 2. The van der Waals surface area contributed by atoms with Gasteiger partial charge in [0.1, 0.15) is 10.8 Å². The van der Waals surface area contributed by atoms with Crippen LogP contribution in [0.4, 0.5) is 10.2 Å². The molecule has 0 radical (unpaired) electrons. The number of anilines is 1. The second-order valence-electron chi connectivity index (χ2n) is 5.11. The quantitative estimate of drug-likeness (QED) is 0.678. The fraction of sp³-hybridized carbons (Fsp3) is 0.0588. The van der Waals surface area contributed by atoms with Crippen LogP contribution in [-0.4, -0.2) is 15.7 Å². The van der Waals surface area contributed by atoms with Gasteiger partial charge in [0.2, 0.25) is 0 Å². The summed E-state index contributed by atoms with van der Waals surface area (Å²) in [6, 6.07) is 13.1. The number of carbonyl (C=O) groups is 1. The Hall–Kier alpha value is -2.18. The van der Waals surface area contributed by atoms with Crippen molar-refractivity contribution >= 4 is 39.3 Å². The van der Waals surface area contributed by atoms with Gasteiger partial charge in [-0.2, -0.15) is 5.10 Å². The molecule has 7 heteroatoms. The number of nitrogens with zero attached hydrogens (tertiary/aromatic N) is 2. The molecule has 1 heterocycles. The van der Waals surface area contributed by atoms with Gasteiger partial charge in [0.25, 0.3) is 5.91 Å². The molecule has 1 N–H and O–H groups in total. The second kappa shape index (κ2) is 7.15. The van der Waals surface area contributed by atoms with Crippen LogP contribution in [0.25, 0.3) is 0 Å². The summed E-state index contributed by atoms with van der Waals surface area (Å²) in [6.07, 6.45) is 1.61. The third kappa shape index (κ3) is 4.01. The number of nitrogens with one attached hydrogen (secondary N) is 1. The van der Waals surface area contributed by atoms with E-state index >= 15 is 0 Å². The summed E-state index contributed by atoms with van der Waals surface area (Å²) < 4.78 is 15.3. The lowest BCUT2D eigenvalue weighted by Gasteiger charge is -2.04. The van der Waals surface area contributed by atoms with Gasteiger partial charge in [-0.05, 0) is 35.9 Å². The number of amides is 1. The van der Waals surface area contributed by atoms with Crippen LogP contribution in [0.5, 0.6) is 0 Å². The van der Waals surface area contributed by atoms with E-state index in [0.29, 0.717) is 17.1 Å². The molecule has 0 aliphatic heterocycles.